The average Bonchev–Trinajstić information content (AvgIpc) is 3.78. The topological polar surface area (TPSA) is 70.2 Å². The number of aromatic nitrogens is 5. The molecule has 42 heavy (non-hydrogen) atoms. The molecule has 3 aromatic heterocycles. The first-order valence-corrected chi connectivity index (χ1v) is 15.0. The third-order valence-corrected chi connectivity index (χ3v) is 4.19. The summed E-state index contributed by atoms with van der Waals surface area (Å²) in [5, 5.41) is 9.11. The van der Waals surface area contributed by atoms with Gasteiger partial charge < -0.3 is 4.98 Å². The number of para-hydroxylation sites is 4. The summed E-state index contributed by atoms with van der Waals surface area (Å²) in [6.45, 7) is 24.0. The van der Waals surface area contributed by atoms with E-state index in [-0.39, 0.29) is 14.9 Å². The number of rotatable bonds is 0. The maximum atomic E-state index is 4.18. The summed E-state index contributed by atoms with van der Waals surface area (Å²) < 4.78 is 0. The van der Waals surface area contributed by atoms with Crippen molar-refractivity contribution in [2.24, 2.45) is 0 Å². The van der Waals surface area contributed by atoms with Crippen molar-refractivity contribution in [1.29, 1.82) is 0 Å². The van der Waals surface area contributed by atoms with Crippen LogP contribution in [-0.4, -0.2) is 25.1 Å². The SMILES string of the molecule is C.C.CC.CC.CC.CC.CC.CC.c1ccc2[nH]cnc2c1.c1ccc2[nH]ncc2c1.c1ccc2ncccc2c1. The van der Waals surface area contributed by atoms with Crippen molar-refractivity contribution in [2.75, 3.05) is 0 Å². The Kier molecular flexibility index (Phi) is 42.1. The average molecular weight is 578 g/mol. The molecule has 3 aromatic carbocycles. The van der Waals surface area contributed by atoms with Crippen LogP contribution in [-0.2, 0) is 0 Å². The molecule has 0 fully saturated rings. The van der Waals surface area contributed by atoms with Crippen LogP contribution in [0.5, 0.6) is 0 Å². The van der Waals surface area contributed by atoms with E-state index in [1.807, 2.05) is 168 Å². The number of imidazole rings is 1. The number of fused-ring (bicyclic) bond motifs is 3. The Hall–Kier alpha value is -3.99. The van der Waals surface area contributed by atoms with Crippen LogP contribution < -0.4 is 0 Å². The second kappa shape index (κ2) is 37.0. The van der Waals surface area contributed by atoms with E-state index < -0.39 is 0 Å². The van der Waals surface area contributed by atoms with Gasteiger partial charge in [0.15, 0.2) is 0 Å². The number of benzene rings is 3. The van der Waals surface area contributed by atoms with E-state index in [4.69, 9.17) is 0 Å². The number of H-pyrrole nitrogens is 2. The summed E-state index contributed by atoms with van der Waals surface area (Å²) >= 11 is 0. The van der Waals surface area contributed by atoms with Crippen molar-refractivity contribution >= 4 is 32.8 Å². The van der Waals surface area contributed by atoms with Gasteiger partial charge in [-0.1, -0.05) is 153 Å². The molecule has 0 aliphatic heterocycles. The van der Waals surface area contributed by atoms with Gasteiger partial charge in [0, 0.05) is 17.0 Å². The van der Waals surface area contributed by atoms with Gasteiger partial charge >= 0.3 is 0 Å². The predicted octanol–water partition coefficient (Wildman–Crippen LogP) is 12.8. The molecular formula is C37H63N5. The molecule has 0 atom stereocenters. The van der Waals surface area contributed by atoms with Gasteiger partial charge in [-0.2, -0.15) is 5.10 Å². The zero-order chi connectivity index (χ0) is 31.0. The minimum atomic E-state index is 0. The van der Waals surface area contributed by atoms with Gasteiger partial charge in [-0.3, -0.25) is 10.1 Å². The third kappa shape index (κ3) is 19.1. The van der Waals surface area contributed by atoms with Crippen molar-refractivity contribution in [3.63, 3.8) is 0 Å². The highest BCUT2D eigenvalue weighted by molar-refractivity contribution is 5.78. The summed E-state index contributed by atoms with van der Waals surface area (Å²) in [6, 6.07) is 28.0. The van der Waals surface area contributed by atoms with E-state index in [2.05, 4.69) is 37.3 Å². The van der Waals surface area contributed by atoms with Gasteiger partial charge in [0.25, 0.3) is 0 Å². The molecule has 0 saturated carbocycles. The van der Waals surface area contributed by atoms with E-state index in [1.54, 1.807) is 6.33 Å². The van der Waals surface area contributed by atoms with Crippen LogP contribution in [0.15, 0.2) is 104 Å². The Labute approximate surface area is 259 Å². The summed E-state index contributed by atoms with van der Waals surface area (Å²) in [7, 11) is 0. The van der Waals surface area contributed by atoms with Crippen molar-refractivity contribution in [3.8, 4) is 0 Å². The lowest BCUT2D eigenvalue weighted by Gasteiger charge is -1.91. The van der Waals surface area contributed by atoms with Crippen LogP contribution in [0, 0.1) is 0 Å². The third-order valence-electron chi connectivity index (χ3n) is 4.19. The number of aromatic amines is 2. The first-order valence-electron chi connectivity index (χ1n) is 15.0. The maximum Gasteiger partial charge on any atom is 0.0931 e. The molecule has 0 unspecified atom stereocenters. The van der Waals surface area contributed by atoms with Crippen LogP contribution in [0.3, 0.4) is 0 Å². The molecule has 5 nitrogen and oxygen atoms in total. The normalized spacial score (nSPS) is 7.62. The van der Waals surface area contributed by atoms with E-state index in [0.29, 0.717) is 0 Å². The highest BCUT2D eigenvalue weighted by Gasteiger charge is 1.89. The van der Waals surface area contributed by atoms with Crippen molar-refractivity contribution in [3.05, 3.63) is 104 Å². The molecule has 0 aliphatic carbocycles. The number of nitrogens with one attached hydrogen (secondary N) is 2. The van der Waals surface area contributed by atoms with E-state index in [0.717, 1.165) is 27.5 Å². The molecule has 5 heteroatoms. The Balaban J connectivity index is -0.000000136. The molecule has 0 spiro atoms. The number of pyridine rings is 1. The Morgan fingerprint density at radius 2 is 0.905 bits per heavy atom. The van der Waals surface area contributed by atoms with Crippen LogP contribution in [0.2, 0.25) is 0 Å². The van der Waals surface area contributed by atoms with E-state index in [9.17, 15) is 0 Å². The number of nitrogens with zero attached hydrogens (tertiary/aromatic N) is 3. The lowest BCUT2D eigenvalue weighted by atomic mass is 10.2. The predicted molar refractivity (Wildman–Crippen MR) is 195 cm³/mol. The van der Waals surface area contributed by atoms with E-state index in [1.165, 1.54) is 5.39 Å². The summed E-state index contributed by atoms with van der Waals surface area (Å²) in [6.07, 6.45) is 5.32. The fraction of sp³-hybridized carbons (Fsp3) is 0.378. The number of hydrogen-bond donors (Lipinski definition) is 2. The molecule has 6 rings (SSSR count). The van der Waals surface area contributed by atoms with Gasteiger partial charge in [-0.15, -0.1) is 0 Å². The molecule has 6 aromatic rings. The highest BCUT2D eigenvalue weighted by atomic mass is 15.1. The fourth-order valence-corrected chi connectivity index (χ4v) is 2.78. The monoisotopic (exact) mass is 578 g/mol. The zero-order valence-corrected chi connectivity index (χ0v) is 27.2. The summed E-state index contributed by atoms with van der Waals surface area (Å²) in [5.74, 6) is 0. The van der Waals surface area contributed by atoms with Gasteiger partial charge in [-0.25, -0.2) is 4.98 Å². The van der Waals surface area contributed by atoms with Crippen LogP contribution in [0.4, 0.5) is 0 Å². The quantitative estimate of drug-likeness (QED) is 0.189. The van der Waals surface area contributed by atoms with Gasteiger partial charge in [-0.05, 0) is 30.3 Å². The summed E-state index contributed by atoms with van der Waals surface area (Å²) in [4.78, 5) is 11.3. The zero-order valence-electron chi connectivity index (χ0n) is 27.2. The molecular weight excluding hydrogens is 514 g/mol. The Morgan fingerprint density at radius 1 is 0.452 bits per heavy atom. The lowest BCUT2D eigenvalue weighted by molar-refractivity contribution is 1.12. The molecule has 0 radical (unpaired) electrons. The van der Waals surface area contributed by atoms with Gasteiger partial charge in [0.1, 0.15) is 0 Å². The molecule has 0 saturated heterocycles. The molecule has 2 N–H and O–H groups in total. The van der Waals surface area contributed by atoms with Crippen LogP contribution >= 0.6 is 0 Å². The minimum Gasteiger partial charge on any atom is -0.345 e. The van der Waals surface area contributed by atoms with Crippen molar-refractivity contribution in [2.45, 2.75) is 97.9 Å². The molecule has 3 heterocycles. The Morgan fingerprint density at radius 3 is 1.43 bits per heavy atom. The highest BCUT2D eigenvalue weighted by Crippen LogP contribution is 2.08. The fourth-order valence-electron chi connectivity index (χ4n) is 2.78. The van der Waals surface area contributed by atoms with E-state index >= 15 is 0 Å². The van der Waals surface area contributed by atoms with Gasteiger partial charge in [0.05, 0.1) is 34.6 Å². The molecule has 0 amide bonds. The van der Waals surface area contributed by atoms with Crippen molar-refractivity contribution < 1.29 is 0 Å². The first kappa shape index (κ1) is 47.8. The standard InChI is InChI=1S/C9H7N.2C7H6N2.6C2H6.2CH4/c1-2-6-9-8(4-1)5-3-7-10-9;1-2-4-7-6(3-1)8-5-9-7;1-2-4-7-6(3-1)5-8-9-7;6*1-2;;/h1-7H;2*1-5H,(H,8,9);6*1-2H3;2*1H4. The molecule has 0 aliphatic rings. The smallest absolute Gasteiger partial charge is 0.0931 e. The summed E-state index contributed by atoms with van der Waals surface area (Å²) in [5.41, 5.74) is 4.28. The minimum absolute atomic E-state index is 0. The second-order valence-corrected chi connectivity index (χ2v) is 6.07. The van der Waals surface area contributed by atoms with Gasteiger partial charge in [0.2, 0.25) is 0 Å². The van der Waals surface area contributed by atoms with Crippen molar-refractivity contribution in [1.82, 2.24) is 25.1 Å². The molecule has 0 bridgehead atoms. The molecule has 236 valence electrons. The van der Waals surface area contributed by atoms with Crippen LogP contribution in [0.25, 0.3) is 32.8 Å². The number of hydrogen-bond acceptors (Lipinski definition) is 3. The largest absolute Gasteiger partial charge is 0.345 e. The maximum absolute atomic E-state index is 4.18. The van der Waals surface area contributed by atoms with Crippen LogP contribution in [0.1, 0.15) is 97.9 Å². The lowest BCUT2D eigenvalue weighted by Crippen LogP contribution is -1.73. The first-order chi connectivity index (χ1) is 19.9. The Bertz CT molecular complexity index is 1100. The second-order valence-electron chi connectivity index (χ2n) is 6.07.